The number of likely N-dealkylation sites (tertiary alicyclic amines) is 1. The fourth-order valence-electron chi connectivity index (χ4n) is 4.92. The SMILES string of the molecule is CCc1nc2cc(F)ccc2n1C1CCN(C(=O)c2ccc(N3CCOCC3)cc2)CC1. The van der Waals surface area contributed by atoms with Crippen molar-refractivity contribution in [3.8, 4) is 0 Å². The monoisotopic (exact) mass is 436 g/mol. The maximum Gasteiger partial charge on any atom is 0.253 e. The number of hydrogen-bond donors (Lipinski definition) is 0. The number of rotatable bonds is 4. The molecule has 2 saturated heterocycles. The fourth-order valence-corrected chi connectivity index (χ4v) is 4.92. The van der Waals surface area contributed by atoms with Gasteiger partial charge in [0.1, 0.15) is 11.6 Å². The summed E-state index contributed by atoms with van der Waals surface area (Å²) in [6.45, 7) is 6.75. The van der Waals surface area contributed by atoms with E-state index >= 15 is 0 Å². The van der Waals surface area contributed by atoms with Gasteiger partial charge >= 0.3 is 0 Å². The number of morpholine rings is 1. The van der Waals surface area contributed by atoms with Crippen LogP contribution in [0.2, 0.25) is 0 Å². The number of fused-ring (bicyclic) bond motifs is 1. The molecule has 3 aromatic rings. The number of carbonyl (C=O) groups is 1. The minimum atomic E-state index is -0.259. The van der Waals surface area contributed by atoms with Gasteiger partial charge in [0.15, 0.2) is 0 Å². The number of amides is 1. The Labute approximate surface area is 187 Å². The van der Waals surface area contributed by atoms with Gasteiger partial charge in [-0.2, -0.15) is 0 Å². The van der Waals surface area contributed by atoms with Crippen molar-refractivity contribution in [2.45, 2.75) is 32.2 Å². The molecule has 2 fully saturated rings. The molecule has 2 aliphatic heterocycles. The maximum atomic E-state index is 13.7. The van der Waals surface area contributed by atoms with Gasteiger partial charge in [-0.3, -0.25) is 4.79 Å². The van der Waals surface area contributed by atoms with Gasteiger partial charge in [-0.05, 0) is 49.2 Å². The molecule has 0 spiro atoms. The highest BCUT2D eigenvalue weighted by Gasteiger charge is 2.27. The van der Waals surface area contributed by atoms with Gasteiger partial charge in [-0.1, -0.05) is 6.92 Å². The van der Waals surface area contributed by atoms with E-state index in [1.165, 1.54) is 12.1 Å². The summed E-state index contributed by atoms with van der Waals surface area (Å²) in [5.41, 5.74) is 3.56. The van der Waals surface area contributed by atoms with E-state index in [9.17, 15) is 9.18 Å². The third-order valence-electron chi connectivity index (χ3n) is 6.65. The standard InChI is InChI=1S/C25H29FN4O2/c1-2-24-27-22-17-19(26)5-8-23(22)30(24)21-9-11-29(12-10-21)25(31)18-3-6-20(7-4-18)28-13-15-32-16-14-28/h3-8,17,21H,2,9-16H2,1H3. The highest BCUT2D eigenvalue weighted by atomic mass is 19.1. The van der Waals surface area contributed by atoms with Gasteiger partial charge in [-0.15, -0.1) is 0 Å². The average Bonchev–Trinajstić information content (AvgIpc) is 3.22. The summed E-state index contributed by atoms with van der Waals surface area (Å²) in [6, 6.07) is 13.0. The molecule has 7 heteroatoms. The van der Waals surface area contributed by atoms with Crippen molar-refractivity contribution in [3.63, 3.8) is 0 Å². The Morgan fingerprint density at radius 2 is 1.78 bits per heavy atom. The van der Waals surface area contributed by atoms with Crippen LogP contribution in [-0.2, 0) is 11.2 Å². The van der Waals surface area contributed by atoms with E-state index in [2.05, 4.69) is 21.4 Å². The maximum absolute atomic E-state index is 13.7. The fraction of sp³-hybridized carbons (Fsp3) is 0.440. The minimum Gasteiger partial charge on any atom is -0.378 e. The second kappa shape index (κ2) is 8.90. The van der Waals surface area contributed by atoms with Crippen LogP contribution in [0.15, 0.2) is 42.5 Å². The summed E-state index contributed by atoms with van der Waals surface area (Å²) in [4.78, 5) is 22.0. The van der Waals surface area contributed by atoms with Crippen molar-refractivity contribution >= 4 is 22.6 Å². The van der Waals surface area contributed by atoms with E-state index in [-0.39, 0.29) is 17.8 Å². The molecule has 2 aromatic carbocycles. The lowest BCUT2D eigenvalue weighted by Gasteiger charge is -2.34. The zero-order chi connectivity index (χ0) is 22.1. The first-order chi connectivity index (χ1) is 15.6. The van der Waals surface area contributed by atoms with Gasteiger partial charge in [-0.25, -0.2) is 9.37 Å². The largest absolute Gasteiger partial charge is 0.378 e. The second-order valence-corrected chi connectivity index (χ2v) is 8.55. The number of benzene rings is 2. The molecule has 0 radical (unpaired) electrons. The molecule has 0 atom stereocenters. The first kappa shape index (κ1) is 20.9. The van der Waals surface area contributed by atoms with Gasteiger partial charge in [0.25, 0.3) is 5.91 Å². The number of aromatic nitrogens is 2. The molecule has 168 valence electrons. The van der Waals surface area contributed by atoms with Crippen LogP contribution in [0.5, 0.6) is 0 Å². The number of ether oxygens (including phenoxy) is 1. The zero-order valence-electron chi connectivity index (χ0n) is 18.5. The molecule has 0 saturated carbocycles. The molecule has 1 amide bonds. The van der Waals surface area contributed by atoms with Crippen LogP contribution in [0.3, 0.4) is 0 Å². The van der Waals surface area contributed by atoms with Crippen molar-refractivity contribution in [3.05, 3.63) is 59.7 Å². The van der Waals surface area contributed by atoms with Gasteiger partial charge in [0, 0.05) is 56.0 Å². The Balaban J connectivity index is 1.27. The number of piperidine rings is 1. The Morgan fingerprint density at radius 3 is 2.47 bits per heavy atom. The summed E-state index contributed by atoms with van der Waals surface area (Å²) in [5, 5.41) is 0. The molecule has 0 unspecified atom stereocenters. The lowest BCUT2D eigenvalue weighted by molar-refractivity contribution is 0.0695. The number of halogens is 1. The molecule has 1 aromatic heterocycles. The van der Waals surface area contributed by atoms with Crippen LogP contribution in [0.25, 0.3) is 11.0 Å². The number of nitrogens with zero attached hydrogens (tertiary/aromatic N) is 4. The molecular formula is C25H29FN4O2. The Bertz CT molecular complexity index is 1100. The summed E-state index contributed by atoms with van der Waals surface area (Å²) < 4.78 is 21.3. The summed E-state index contributed by atoms with van der Waals surface area (Å²) in [6.07, 6.45) is 2.53. The molecule has 2 aliphatic rings. The summed E-state index contributed by atoms with van der Waals surface area (Å²) in [5.74, 6) is 0.809. The Morgan fingerprint density at radius 1 is 1.06 bits per heavy atom. The van der Waals surface area contributed by atoms with Crippen molar-refractivity contribution in [2.24, 2.45) is 0 Å². The molecule has 0 aliphatic carbocycles. The van der Waals surface area contributed by atoms with Crippen LogP contribution < -0.4 is 4.90 Å². The molecular weight excluding hydrogens is 407 g/mol. The molecule has 3 heterocycles. The first-order valence-corrected chi connectivity index (χ1v) is 11.5. The van der Waals surface area contributed by atoms with Crippen LogP contribution >= 0.6 is 0 Å². The average molecular weight is 437 g/mol. The van der Waals surface area contributed by atoms with E-state index < -0.39 is 0 Å². The highest BCUT2D eigenvalue weighted by molar-refractivity contribution is 5.94. The molecule has 32 heavy (non-hydrogen) atoms. The molecule has 0 bridgehead atoms. The number of carbonyl (C=O) groups excluding carboxylic acids is 1. The number of anilines is 1. The van der Waals surface area contributed by atoms with Crippen LogP contribution in [0.1, 0.15) is 42.0 Å². The van der Waals surface area contributed by atoms with Crippen molar-refractivity contribution < 1.29 is 13.9 Å². The van der Waals surface area contributed by atoms with Crippen LogP contribution in [0, 0.1) is 5.82 Å². The Kier molecular flexibility index (Phi) is 5.83. The van der Waals surface area contributed by atoms with Crippen molar-refractivity contribution in [1.29, 1.82) is 0 Å². The quantitative estimate of drug-likeness (QED) is 0.619. The van der Waals surface area contributed by atoms with Crippen molar-refractivity contribution in [2.75, 3.05) is 44.3 Å². The van der Waals surface area contributed by atoms with Crippen molar-refractivity contribution in [1.82, 2.24) is 14.5 Å². The Hall–Kier alpha value is -2.93. The summed E-state index contributed by atoms with van der Waals surface area (Å²) >= 11 is 0. The smallest absolute Gasteiger partial charge is 0.253 e. The van der Waals surface area contributed by atoms with E-state index in [0.29, 0.717) is 18.6 Å². The lowest BCUT2D eigenvalue weighted by Crippen LogP contribution is -2.39. The van der Waals surface area contributed by atoms with E-state index in [1.807, 2.05) is 35.2 Å². The van der Waals surface area contributed by atoms with E-state index in [1.54, 1.807) is 0 Å². The number of hydrogen-bond acceptors (Lipinski definition) is 4. The molecule has 5 rings (SSSR count). The van der Waals surface area contributed by atoms with Crippen LogP contribution in [-0.4, -0.2) is 59.8 Å². The predicted octanol–water partition coefficient (Wildman–Crippen LogP) is 4.05. The second-order valence-electron chi connectivity index (χ2n) is 8.55. The number of aryl methyl sites for hydroxylation is 1. The third-order valence-corrected chi connectivity index (χ3v) is 6.65. The predicted molar refractivity (Wildman–Crippen MR) is 123 cm³/mol. The number of imidazole rings is 1. The van der Waals surface area contributed by atoms with E-state index in [4.69, 9.17) is 4.74 Å². The minimum absolute atomic E-state index is 0.0882. The van der Waals surface area contributed by atoms with E-state index in [0.717, 1.165) is 68.2 Å². The lowest BCUT2D eigenvalue weighted by atomic mass is 10.0. The zero-order valence-corrected chi connectivity index (χ0v) is 18.5. The normalized spacial score (nSPS) is 17.8. The topological polar surface area (TPSA) is 50.6 Å². The highest BCUT2D eigenvalue weighted by Crippen LogP contribution is 2.30. The van der Waals surface area contributed by atoms with Gasteiger partial charge in [0.05, 0.1) is 24.2 Å². The molecule has 0 N–H and O–H groups in total. The van der Waals surface area contributed by atoms with Crippen LogP contribution in [0.4, 0.5) is 10.1 Å². The molecule has 6 nitrogen and oxygen atoms in total. The first-order valence-electron chi connectivity index (χ1n) is 11.5. The third kappa shape index (κ3) is 3.97. The van der Waals surface area contributed by atoms with Gasteiger partial charge in [0.2, 0.25) is 0 Å². The summed E-state index contributed by atoms with van der Waals surface area (Å²) in [7, 11) is 0. The van der Waals surface area contributed by atoms with Gasteiger partial charge < -0.3 is 19.1 Å².